The van der Waals surface area contributed by atoms with Crippen LogP contribution in [-0.2, 0) is 9.53 Å². The molecule has 4 rings (SSSR count). The van der Waals surface area contributed by atoms with E-state index in [0.717, 1.165) is 53.2 Å². The Morgan fingerprint density at radius 1 is 1.16 bits per heavy atom. The fourth-order valence-corrected chi connectivity index (χ4v) is 4.02. The lowest BCUT2D eigenvalue weighted by molar-refractivity contribution is -0.892. The molecule has 0 atom stereocenters. The van der Waals surface area contributed by atoms with Gasteiger partial charge in [-0.1, -0.05) is 12.1 Å². The fourth-order valence-electron chi connectivity index (χ4n) is 4.02. The number of H-pyrrole nitrogens is 1. The Morgan fingerprint density at radius 2 is 1.87 bits per heavy atom. The van der Waals surface area contributed by atoms with Gasteiger partial charge in [-0.25, -0.2) is 9.18 Å². The maximum Gasteiger partial charge on any atom is 0.356 e. The van der Waals surface area contributed by atoms with Gasteiger partial charge in [0.25, 0.3) is 5.91 Å². The van der Waals surface area contributed by atoms with Crippen LogP contribution in [0.15, 0.2) is 42.5 Å². The van der Waals surface area contributed by atoms with Gasteiger partial charge in [-0.3, -0.25) is 4.79 Å². The number of aryl methyl sites for hydroxylation is 1. The van der Waals surface area contributed by atoms with E-state index in [4.69, 9.17) is 4.74 Å². The van der Waals surface area contributed by atoms with Gasteiger partial charge in [-0.2, -0.15) is 0 Å². The van der Waals surface area contributed by atoms with Gasteiger partial charge in [-0.15, -0.1) is 0 Å². The van der Waals surface area contributed by atoms with Gasteiger partial charge in [0, 0.05) is 16.6 Å². The molecule has 0 spiro atoms. The summed E-state index contributed by atoms with van der Waals surface area (Å²) in [6.07, 6.45) is 0. The van der Waals surface area contributed by atoms with Crippen molar-refractivity contribution in [3.8, 4) is 0 Å². The minimum Gasteiger partial charge on any atom is -0.464 e. The number of aromatic nitrogens is 1. The predicted molar refractivity (Wildman–Crippen MR) is 117 cm³/mol. The van der Waals surface area contributed by atoms with Crippen LogP contribution in [0.2, 0.25) is 0 Å². The number of nitrogens with zero attached hydrogens (tertiary/aromatic N) is 1. The molecule has 0 radical (unpaired) electrons. The largest absolute Gasteiger partial charge is 0.464 e. The maximum atomic E-state index is 13.1. The van der Waals surface area contributed by atoms with E-state index in [0.29, 0.717) is 12.2 Å². The van der Waals surface area contributed by atoms with Crippen LogP contribution in [-0.4, -0.2) is 56.7 Å². The Balaban J connectivity index is 1.42. The lowest BCUT2D eigenvalue weighted by atomic mass is 10.1. The van der Waals surface area contributed by atoms with E-state index < -0.39 is 5.97 Å². The SMILES string of the molecule is COC(=O)c1[nH]c2cc(C)ccc2c1NC(=O)C[NH+]1CCN(c2ccc(F)cc2)CC1. The molecule has 0 bridgehead atoms. The minimum atomic E-state index is -0.524. The first-order valence-electron chi connectivity index (χ1n) is 10.3. The Hall–Kier alpha value is -3.39. The number of carbonyl (C=O) groups excluding carboxylic acids is 2. The Bertz CT molecular complexity index is 1100. The summed E-state index contributed by atoms with van der Waals surface area (Å²) < 4.78 is 18.0. The third kappa shape index (κ3) is 4.54. The molecule has 8 heteroatoms. The van der Waals surface area contributed by atoms with Gasteiger partial charge in [-0.05, 0) is 42.8 Å². The number of benzene rings is 2. The molecule has 1 fully saturated rings. The molecule has 162 valence electrons. The van der Waals surface area contributed by atoms with Crippen LogP contribution >= 0.6 is 0 Å². The van der Waals surface area contributed by atoms with E-state index in [2.05, 4.69) is 15.2 Å². The van der Waals surface area contributed by atoms with Crippen molar-refractivity contribution < 1.29 is 23.6 Å². The van der Waals surface area contributed by atoms with E-state index in [-0.39, 0.29) is 17.4 Å². The Morgan fingerprint density at radius 3 is 2.55 bits per heavy atom. The summed E-state index contributed by atoms with van der Waals surface area (Å²) in [5, 5.41) is 3.69. The third-order valence-corrected chi connectivity index (χ3v) is 5.68. The van der Waals surface area contributed by atoms with Crippen LogP contribution in [0.3, 0.4) is 0 Å². The summed E-state index contributed by atoms with van der Waals surface area (Å²) in [4.78, 5) is 31.4. The number of rotatable bonds is 5. The number of methoxy groups -OCH3 is 1. The highest BCUT2D eigenvalue weighted by atomic mass is 19.1. The first-order chi connectivity index (χ1) is 14.9. The highest BCUT2D eigenvalue weighted by Crippen LogP contribution is 2.29. The van der Waals surface area contributed by atoms with Crippen molar-refractivity contribution in [3.63, 3.8) is 0 Å². The summed E-state index contributed by atoms with van der Waals surface area (Å²) in [7, 11) is 1.31. The molecule has 1 saturated heterocycles. The van der Waals surface area contributed by atoms with Gasteiger partial charge >= 0.3 is 5.97 Å². The van der Waals surface area contributed by atoms with Crippen LogP contribution in [0.4, 0.5) is 15.8 Å². The van der Waals surface area contributed by atoms with Gasteiger partial charge in [0.15, 0.2) is 6.54 Å². The van der Waals surface area contributed by atoms with E-state index in [1.54, 1.807) is 12.1 Å². The van der Waals surface area contributed by atoms with Crippen molar-refractivity contribution >= 4 is 34.2 Å². The van der Waals surface area contributed by atoms with Crippen molar-refractivity contribution in [1.29, 1.82) is 0 Å². The zero-order valence-corrected chi connectivity index (χ0v) is 17.6. The Kier molecular flexibility index (Phi) is 5.90. The number of hydrogen-bond acceptors (Lipinski definition) is 4. The van der Waals surface area contributed by atoms with E-state index >= 15 is 0 Å². The molecule has 7 nitrogen and oxygen atoms in total. The number of aromatic amines is 1. The number of amides is 1. The number of piperazine rings is 1. The average Bonchev–Trinajstić information content (AvgIpc) is 3.11. The van der Waals surface area contributed by atoms with Crippen LogP contribution < -0.4 is 15.1 Å². The molecule has 2 heterocycles. The van der Waals surface area contributed by atoms with Gasteiger partial charge in [0.05, 0.1) is 39.0 Å². The van der Waals surface area contributed by atoms with E-state index in [1.165, 1.54) is 19.2 Å². The quantitative estimate of drug-likeness (QED) is 0.545. The van der Waals surface area contributed by atoms with Gasteiger partial charge in [0.2, 0.25) is 0 Å². The van der Waals surface area contributed by atoms with E-state index in [1.807, 2.05) is 25.1 Å². The molecule has 31 heavy (non-hydrogen) atoms. The van der Waals surface area contributed by atoms with Crippen LogP contribution in [0.25, 0.3) is 10.9 Å². The lowest BCUT2D eigenvalue weighted by Crippen LogP contribution is -3.15. The Labute approximate surface area is 179 Å². The molecule has 2 aromatic carbocycles. The number of esters is 1. The number of fused-ring (bicyclic) bond motifs is 1. The number of nitrogens with one attached hydrogen (secondary N) is 3. The topological polar surface area (TPSA) is 78.9 Å². The second kappa shape index (κ2) is 8.77. The third-order valence-electron chi connectivity index (χ3n) is 5.68. The number of carbonyl (C=O) groups is 2. The predicted octanol–water partition coefficient (Wildman–Crippen LogP) is 1.75. The van der Waals surface area contributed by atoms with Crippen molar-refractivity contribution in [2.75, 3.05) is 50.1 Å². The second-order valence-corrected chi connectivity index (χ2v) is 7.85. The molecule has 3 aromatic rings. The van der Waals surface area contributed by atoms with Gasteiger partial charge < -0.3 is 24.8 Å². The first-order valence-corrected chi connectivity index (χ1v) is 10.3. The highest BCUT2D eigenvalue weighted by molar-refractivity contribution is 6.11. The second-order valence-electron chi connectivity index (χ2n) is 7.85. The van der Waals surface area contributed by atoms with E-state index in [9.17, 15) is 14.0 Å². The fraction of sp³-hybridized carbons (Fsp3) is 0.304. The molecule has 0 unspecified atom stereocenters. The van der Waals surface area contributed by atoms with Crippen LogP contribution in [0.1, 0.15) is 16.1 Å². The first kappa shape index (κ1) is 20.9. The molecule has 1 aliphatic rings. The van der Waals surface area contributed by atoms with Crippen molar-refractivity contribution in [2.24, 2.45) is 0 Å². The molecule has 0 saturated carbocycles. The van der Waals surface area contributed by atoms with Crippen molar-refractivity contribution in [1.82, 2.24) is 4.98 Å². The normalized spacial score (nSPS) is 14.6. The standard InChI is InChI=1S/C23H25FN4O3/c1-15-3-8-18-19(13-15)25-22(23(30)31-2)21(18)26-20(29)14-27-9-11-28(12-10-27)17-6-4-16(24)5-7-17/h3-8,13,25H,9-12,14H2,1-2H3,(H,26,29)/p+1. The van der Waals surface area contributed by atoms with Crippen molar-refractivity contribution in [2.45, 2.75) is 6.92 Å². The molecule has 1 amide bonds. The summed E-state index contributed by atoms with van der Waals surface area (Å²) in [6.45, 7) is 5.42. The summed E-state index contributed by atoms with van der Waals surface area (Å²) in [6, 6.07) is 12.2. The number of quaternary nitrogens is 1. The minimum absolute atomic E-state index is 0.156. The van der Waals surface area contributed by atoms with Gasteiger partial charge in [0.1, 0.15) is 11.5 Å². The number of anilines is 2. The van der Waals surface area contributed by atoms with Crippen molar-refractivity contribution in [3.05, 3.63) is 59.5 Å². The molecule has 3 N–H and O–H groups in total. The monoisotopic (exact) mass is 425 g/mol. The number of halogens is 1. The summed E-state index contributed by atoms with van der Waals surface area (Å²) in [5.74, 6) is -0.926. The lowest BCUT2D eigenvalue weighted by Gasteiger charge is -2.33. The molecule has 1 aliphatic heterocycles. The summed E-state index contributed by atoms with van der Waals surface area (Å²) in [5.41, 5.74) is 3.51. The number of ether oxygens (including phenoxy) is 1. The zero-order valence-electron chi connectivity index (χ0n) is 17.6. The molecular weight excluding hydrogens is 399 g/mol. The summed E-state index contributed by atoms with van der Waals surface area (Å²) >= 11 is 0. The number of hydrogen-bond donors (Lipinski definition) is 3. The smallest absolute Gasteiger partial charge is 0.356 e. The molecular formula is C23H26FN4O3+. The molecule has 1 aromatic heterocycles. The highest BCUT2D eigenvalue weighted by Gasteiger charge is 2.25. The molecule has 0 aliphatic carbocycles. The van der Waals surface area contributed by atoms with Crippen LogP contribution in [0.5, 0.6) is 0 Å². The average molecular weight is 425 g/mol. The van der Waals surface area contributed by atoms with Crippen LogP contribution in [0, 0.1) is 12.7 Å². The zero-order chi connectivity index (χ0) is 22.0. The maximum absolute atomic E-state index is 13.1.